The van der Waals surface area contributed by atoms with Crippen molar-refractivity contribution in [2.45, 2.75) is 39.2 Å². The Labute approximate surface area is 181 Å². The lowest BCUT2D eigenvalue weighted by Gasteiger charge is -2.16. The maximum Gasteiger partial charge on any atom is 0.279 e. The first-order chi connectivity index (χ1) is 15.0. The van der Waals surface area contributed by atoms with Gasteiger partial charge in [0.15, 0.2) is 6.10 Å². The second-order valence-corrected chi connectivity index (χ2v) is 7.19. The van der Waals surface area contributed by atoms with Crippen LogP contribution in [0.2, 0.25) is 0 Å². The van der Waals surface area contributed by atoms with Gasteiger partial charge in [-0.05, 0) is 62.2 Å². The Balaban J connectivity index is 1.43. The number of hydrogen-bond donors (Lipinski definition) is 2. The molecule has 164 valence electrons. The molecule has 0 radical (unpaired) electrons. The SMILES string of the molecule is CCOc1ccc(OC(C)C(=O)NNC(=O)Cc2ccc(N3CCCC3=O)cc2)cc1. The molecular formula is C23H27N3O5. The van der Waals surface area contributed by atoms with Crippen LogP contribution in [-0.4, -0.2) is 37.0 Å². The molecule has 1 heterocycles. The number of hydrazine groups is 1. The van der Waals surface area contributed by atoms with Crippen LogP contribution in [0.25, 0.3) is 0 Å². The molecule has 1 saturated heterocycles. The molecule has 1 unspecified atom stereocenters. The Hall–Kier alpha value is -3.55. The number of benzene rings is 2. The fourth-order valence-electron chi connectivity index (χ4n) is 3.22. The van der Waals surface area contributed by atoms with Crippen molar-refractivity contribution >= 4 is 23.4 Å². The Morgan fingerprint density at radius 3 is 2.32 bits per heavy atom. The second kappa shape index (κ2) is 10.5. The molecule has 8 nitrogen and oxygen atoms in total. The molecule has 0 spiro atoms. The van der Waals surface area contributed by atoms with Crippen molar-refractivity contribution in [3.63, 3.8) is 0 Å². The first kappa shape index (κ1) is 22.1. The highest BCUT2D eigenvalue weighted by Crippen LogP contribution is 2.22. The van der Waals surface area contributed by atoms with E-state index in [0.717, 1.165) is 30.0 Å². The summed E-state index contributed by atoms with van der Waals surface area (Å²) in [5, 5.41) is 0. The van der Waals surface area contributed by atoms with E-state index < -0.39 is 12.0 Å². The molecule has 31 heavy (non-hydrogen) atoms. The van der Waals surface area contributed by atoms with Crippen LogP contribution >= 0.6 is 0 Å². The molecule has 2 N–H and O–H groups in total. The number of nitrogens with one attached hydrogen (secondary N) is 2. The first-order valence-corrected chi connectivity index (χ1v) is 10.3. The van der Waals surface area contributed by atoms with E-state index in [4.69, 9.17) is 9.47 Å². The lowest BCUT2D eigenvalue weighted by Crippen LogP contribution is -2.47. The van der Waals surface area contributed by atoms with E-state index in [9.17, 15) is 14.4 Å². The zero-order chi connectivity index (χ0) is 22.2. The van der Waals surface area contributed by atoms with E-state index in [-0.39, 0.29) is 18.2 Å². The maximum absolute atomic E-state index is 12.2. The van der Waals surface area contributed by atoms with Crippen LogP contribution in [0.5, 0.6) is 11.5 Å². The predicted molar refractivity (Wildman–Crippen MR) is 116 cm³/mol. The normalized spacial score (nSPS) is 14.1. The van der Waals surface area contributed by atoms with Crippen LogP contribution in [0.15, 0.2) is 48.5 Å². The van der Waals surface area contributed by atoms with Crippen LogP contribution in [0.4, 0.5) is 5.69 Å². The van der Waals surface area contributed by atoms with Gasteiger partial charge in [-0.1, -0.05) is 12.1 Å². The van der Waals surface area contributed by atoms with Crippen LogP contribution in [0.1, 0.15) is 32.3 Å². The number of carbonyl (C=O) groups excluding carboxylic acids is 3. The maximum atomic E-state index is 12.2. The Bertz CT molecular complexity index is 912. The van der Waals surface area contributed by atoms with Gasteiger partial charge in [0.05, 0.1) is 13.0 Å². The summed E-state index contributed by atoms with van der Waals surface area (Å²) < 4.78 is 10.9. The minimum Gasteiger partial charge on any atom is -0.494 e. The third-order valence-electron chi connectivity index (χ3n) is 4.83. The van der Waals surface area contributed by atoms with Crippen molar-refractivity contribution in [1.29, 1.82) is 0 Å². The van der Waals surface area contributed by atoms with E-state index in [0.29, 0.717) is 18.8 Å². The predicted octanol–water partition coefficient (Wildman–Crippen LogP) is 2.37. The average molecular weight is 425 g/mol. The summed E-state index contributed by atoms with van der Waals surface area (Å²) >= 11 is 0. The summed E-state index contributed by atoms with van der Waals surface area (Å²) in [4.78, 5) is 37.9. The molecular weight excluding hydrogens is 398 g/mol. The fraction of sp³-hybridized carbons (Fsp3) is 0.348. The lowest BCUT2D eigenvalue weighted by atomic mass is 10.1. The van der Waals surface area contributed by atoms with Crippen molar-refractivity contribution in [3.8, 4) is 11.5 Å². The minimum absolute atomic E-state index is 0.0998. The standard InChI is InChI=1S/C23H27N3O5/c1-3-30-19-10-12-20(13-11-19)31-16(2)23(29)25-24-21(27)15-17-6-8-18(9-7-17)26-14-4-5-22(26)28/h6-13,16H,3-5,14-15H2,1-2H3,(H,24,27)(H,25,29). The molecule has 0 aromatic heterocycles. The molecule has 1 fully saturated rings. The topological polar surface area (TPSA) is 97.0 Å². The number of nitrogens with zero attached hydrogens (tertiary/aromatic N) is 1. The van der Waals surface area contributed by atoms with Gasteiger partial charge in [0.2, 0.25) is 11.8 Å². The largest absolute Gasteiger partial charge is 0.494 e. The quantitative estimate of drug-likeness (QED) is 0.633. The molecule has 0 saturated carbocycles. The molecule has 0 aliphatic carbocycles. The molecule has 8 heteroatoms. The van der Waals surface area contributed by atoms with Gasteiger partial charge in [0.1, 0.15) is 11.5 Å². The summed E-state index contributed by atoms with van der Waals surface area (Å²) in [6, 6.07) is 14.2. The number of carbonyl (C=O) groups is 3. The lowest BCUT2D eigenvalue weighted by molar-refractivity contribution is -0.132. The highest BCUT2D eigenvalue weighted by molar-refractivity contribution is 5.95. The van der Waals surface area contributed by atoms with E-state index >= 15 is 0 Å². The fourth-order valence-corrected chi connectivity index (χ4v) is 3.22. The van der Waals surface area contributed by atoms with Gasteiger partial charge in [0, 0.05) is 18.7 Å². The summed E-state index contributed by atoms with van der Waals surface area (Å²) in [5.74, 6) is 0.541. The van der Waals surface area contributed by atoms with Gasteiger partial charge in [-0.15, -0.1) is 0 Å². The third kappa shape index (κ3) is 6.21. The highest BCUT2D eigenvalue weighted by Gasteiger charge is 2.21. The van der Waals surface area contributed by atoms with E-state index in [1.807, 2.05) is 19.1 Å². The Morgan fingerprint density at radius 1 is 1.03 bits per heavy atom. The van der Waals surface area contributed by atoms with Crippen LogP contribution < -0.4 is 25.2 Å². The second-order valence-electron chi connectivity index (χ2n) is 7.19. The van der Waals surface area contributed by atoms with Crippen LogP contribution in [0.3, 0.4) is 0 Å². The molecule has 2 aromatic carbocycles. The summed E-state index contributed by atoms with van der Waals surface area (Å²) in [6.45, 7) is 4.79. The summed E-state index contributed by atoms with van der Waals surface area (Å²) in [7, 11) is 0. The number of anilines is 1. The van der Waals surface area contributed by atoms with Gasteiger partial charge in [-0.2, -0.15) is 0 Å². The van der Waals surface area contributed by atoms with Crippen LogP contribution in [-0.2, 0) is 20.8 Å². The molecule has 1 aliphatic rings. The van der Waals surface area contributed by atoms with Gasteiger partial charge < -0.3 is 14.4 Å². The van der Waals surface area contributed by atoms with Gasteiger partial charge in [-0.3, -0.25) is 25.2 Å². The monoisotopic (exact) mass is 425 g/mol. The van der Waals surface area contributed by atoms with E-state index in [1.165, 1.54) is 0 Å². The van der Waals surface area contributed by atoms with Crippen molar-refractivity contribution < 1.29 is 23.9 Å². The number of ether oxygens (including phenoxy) is 2. The molecule has 3 rings (SSSR count). The van der Waals surface area contributed by atoms with E-state index in [2.05, 4.69) is 10.9 Å². The minimum atomic E-state index is -0.796. The third-order valence-corrected chi connectivity index (χ3v) is 4.83. The molecule has 3 amide bonds. The van der Waals surface area contributed by atoms with Gasteiger partial charge >= 0.3 is 0 Å². The van der Waals surface area contributed by atoms with Gasteiger partial charge in [-0.25, -0.2) is 0 Å². The smallest absolute Gasteiger partial charge is 0.279 e. The Kier molecular flexibility index (Phi) is 7.48. The zero-order valence-corrected chi connectivity index (χ0v) is 17.7. The number of hydrogen-bond acceptors (Lipinski definition) is 5. The number of rotatable bonds is 8. The first-order valence-electron chi connectivity index (χ1n) is 10.3. The molecule has 0 bridgehead atoms. The number of amides is 3. The Morgan fingerprint density at radius 2 is 1.71 bits per heavy atom. The highest BCUT2D eigenvalue weighted by atomic mass is 16.5. The van der Waals surface area contributed by atoms with Crippen LogP contribution in [0, 0.1) is 0 Å². The van der Waals surface area contributed by atoms with Crippen molar-refractivity contribution in [2.75, 3.05) is 18.1 Å². The van der Waals surface area contributed by atoms with Crippen molar-refractivity contribution in [1.82, 2.24) is 10.9 Å². The average Bonchev–Trinajstić information content (AvgIpc) is 3.20. The van der Waals surface area contributed by atoms with Gasteiger partial charge in [0.25, 0.3) is 5.91 Å². The summed E-state index contributed by atoms with van der Waals surface area (Å²) in [5.41, 5.74) is 6.38. The van der Waals surface area contributed by atoms with Crippen molar-refractivity contribution in [3.05, 3.63) is 54.1 Å². The van der Waals surface area contributed by atoms with E-state index in [1.54, 1.807) is 48.2 Å². The summed E-state index contributed by atoms with van der Waals surface area (Å²) in [6.07, 6.45) is 0.743. The van der Waals surface area contributed by atoms with Crippen molar-refractivity contribution in [2.24, 2.45) is 0 Å². The zero-order valence-electron chi connectivity index (χ0n) is 17.7. The molecule has 1 aliphatic heterocycles. The molecule has 1 atom stereocenters. The molecule has 2 aromatic rings.